The van der Waals surface area contributed by atoms with Crippen LogP contribution < -0.4 is 10.6 Å². The van der Waals surface area contributed by atoms with Crippen LogP contribution in [-0.4, -0.2) is 27.7 Å². The van der Waals surface area contributed by atoms with Crippen LogP contribution in [0.5, 0.6) is 0 Å². The van der Waals surface area contributed by atoms with Crippen molar-refractivity contribution in [3.05, 3.63) is 65.7 Å². The minimum Gasteiger partial charge on any atom is -0.394 e. The van der Waals surface area contributed by atoms with E-state index in [4.69, 9.17) is 11.6 Å². The fourth-order valence-corrected chi connectivity index (χ4v) is 2.50. The number of aliphatic hydroxyl groups excluding tert-OH is 1. The number of hydrogen-bond donors (Lipinski definition) is 3. The molecule has 0 bridgehead atoms. The molecule has 0 aliphatic heterocycles. The smallest absolute Gasteiger partial charge is 0.225 e. The zero-order valence-corrected chi connectivity index (χ0v) is 14.5. The molecule has 3 rings (SSSR count). The average molecular weight is 355 g/mol. The van der Waals surface area contributed by atoms with E-state index in [0.29, 0.717) is 16.8 Å². The third kappa shape index (κ3) is 4.68. The molecule has 1 aromatic heterocycles. The molecule has 1 atom stereocenters. The summed E-state index contributed by atoms with van der Waals surface area (Å²) in [5, 5.41) is 16.3. The molecule has 0 amide bonds. The first kappa shape index (κ1) is 17.2. The van der Waals surface area contributed by atoms with Crippen LogP contribution in [0.15, 0.2) is 60.7 Å². The van der Waals surface area contributed by atoms with Gasteiger partial charge in [-0.25, -0.2) is 4.98 Å². The topological polar surface area (TPSA) is 70.1 Å². The molecule has 0 aliphatic carbocycles. The molecule has 0 saturated heterocycles. The fraction of sp³-hybridized carbons (Fsp3) is 0.158. The minimum atomic E-state index is -0.148. The molecule has 0 unspecified atom stereocenters. The van der Waals surface area contributed by atoms with Crippen molar-refractivity contribution in [2.75, 3.05) is 17.2 Å². The molecule has 0 radical (unpaired) electrons. The Morgan fingerprint density at radius 1 is 1.04 bits per heavy atom. The van der Waals surface area contributed by atoms with E-state index >= 15 is 0 Å². The molecule has 128 valence electrons. The summed E-state index contributed by atoms with van der Waals surface area (Å²) in [4.78, 5) is 9.04. The van der Waals surface area contributed by atoms with Crippen molar-refractivity contribution in [3.8, 4) is 11.3 Å². The summed E-state index contributed by atoms with van der Waals surface area (Å²) in [6.45, 7) is 1.86. The van der Waals surface area contributed by atoms with Gasteiger partial charge in [0.15, 0.2) is 0 Å². The number of halogens is 1. The number of rotatable bonds is 6. The second-order valence-corrected chi connectivity index (χ2v) is 6.13. The first-order valence-corrected chi connectivity index (χ1v) is 8.36. The standard InChI is InChI=1S/C19H19ClN4O/c1-13(12-25)21-19-23-17(14-6-3-2-4-7-14)11-18(24-19)22-16-9-5-8-15(20)10-16/h2-11,13,25H,12H2,1H3,(H2,21,22,23,24)/t13-/m1/s1. The molecule has 1 heterocycles. The Balaban J connectivity index is 1.97. The van der Waals surface area contributed by atoms with Gasteiger partial charge in [0, 0.05) is 28.4 Å². The molecule has 6 heteroatoms. The predicted molar refractivity (Wildman–Crippen MR) is 102 cm³/mol. The Hall–Kier alpha value is -2.63. The largest absolute Gasteiger partial charge is 0.394 e. The van der Waals surface area contributed by atoms with E-state index in [1.165, 1.54) is 0 Å². The van der Waals surface area contributed by atoms with Crippen LogP contribution in [-0.2, 0) is 0 Å². The highest BCUT2D eigenvalue weighted by Crippen LogP contribution is 2.24. The highest BCUT2D eigenvalue weighted by molar-refractivity contribution is 6.30. The van der Waals surface area contributed by atoms with Gasteiger partial charge < -0.3 is 15.7 Å². The van der Waals surface area contributed by atoms with E-state index in [0.717, 1.165) is 16.9 Å². The summed E-state index contributed by atoms with van der Waals surface area (Å²) >= 11 is 6.04. The molecular formula is C19H19ClN4O. The zero-order valence-electron chi connectivity index (χ0n) is 13.8. The maximum Gasteiger partial charge on any atom is 0.225 e. The van der Waals surface area contributed by atoms with E-state index in [1.54, 1.807) is 0 Å². The van der Waals surface area contributed by atoms with Crippen molar-refractivity contribution in [1.82, 2.24) is 9.97 Å². The van der Waals surface area contributed by atoms with Gasteiger partial charge in [-0.05, 0) is 25.1 Å². The number of hydrogen-bond acceptors (Lipinski definition) is 5. The zero-order chi connectivity index (χ0) is 17.6. The Kier molecular flexibility index (Phi) is 5.48. The lowest BCUT2D eigenvalue weighted by Gasteiger charge is -2.14. The Bertz CT molecular complexity index is 842. The van der Waals surface area contributed by atoms with E-state index in [1.807, 2.05) is 67.6 Å². The predicted octanol–water partition coefficient (Wildman–Crippen LogP) is 4.33. The molecule has 0 fully saturated rings. The minimum absolute atomic E-state index is 0.00399. The Labute approximate surface area is 151 Å². The average Bonchev–Trinajstić information content (AvgIpc) is 2.62. The Morgan fingerprint density at radius 3 is 2.56 bits per heavy atom. The molecule has 0 saturated carbocycles. The van der Waals surface area contributed by atoms with Gasteiger partial charge in [-0.1, -0.05) is 48.0 Å². The van der Waals surface area contributed by atoms with Gasteiger partial charge in [0.05, 0.1) is 12.3 Å². The third-order valence-electron chi connectivity index (χ3n) is 3.54. The van der Waals surface area contributed by atoms with Crippen LogP contribution in [0.1, 0.15) is 6.92 Å². The maximum absolute atomic E-state index is 9.27. The van der Waals surface area contributed by atoms with Crippen molar-refractivity contribution in [3.63, 3.8) is 0 Å². The van der Waals surface area contributed by atoms with Crippen molar-refractivity contribution >= 4 is 29.1 Å². The van der Waals surface area contributed by atoms with Crippen molar-refractivity contribution in [1.29, 1.82) is 0 Å². The molecule has 25 heavy (non-hydrogen) atoms. The molecule has 3 N–H and O–H groups in total. The lowest BCUT2D eigenvalue weighted by atomic mass is 10.1. The molecular weight excluding hydrogens is 336 g/mol. The van der Waals surface area contributed by atoms with E-state index in [-0.39, 0.29) is 12.6 Å². The quantitative estimate of drug-likeness (QED) is 0.614. The highest BCUT2D eigenvalue weighted by Gasteiger charge is 2.09. The lowest BCUT2D eigenvalue weighted by Crippen LogP contribution is -2.21. The van der Waals surface area contributed by atoms with Gasteiger partial charge in [-0.2, -0.15) is 4.98 Å². The van der Waals surface area contributed by atoms with Gasteiger partial charge in [0.25, 0.3) is 0 Å². The fourth-order valence-electron chi connectivity index (χ4n) is 2.31. The summed E-state index contributed by atoms with van der Waals surface area (Å²) in [7, 11) is 0. The highest BCUT2D eigenvalue weighted by atomic mass is 35.5. The van der Waals surface area contributed by atoms with Crippen LogP contribution in [0.3, 0.4) is 0 Å². The van der Waals surface area contributed by atoms with E-state index in [2.05, 4.69) is 20.6 Å². The third-order valence-corrected chi connectivity index (χ3v) is 3.78. The molecule has 0 spiro atoms. The molecule has 5 nitrogen and oxygen atoms in total. The van der Waals surface area contributed by atoms with Gasteiger partial charge in [-0.15, -0.1) is 0 Å². The van der Waals surface area contributed by atoms with Crippen LogP contribution in [0.25, 0.3) is 11.3 Å². The van der Waals surface area contributed by atoms with Crippen LogP contribution in [0.2, 0.25) is 5.02 Å². The van der Waals surface area contributed by atoms with E-state index in [9.17, 15) is 5.11 Å². The normalized spacial score (nSPS) is 11.8. The first-order chi connectivity index (χ1) is 12.1. The first-order valence-electron chi connectivity index (χ1n) is 7.98. The van der Waals surface area contributed by atoms with Gasteiger partial charge in [0.2, 0.25) is 5.95 Å². The van der Waals surface area contributed by atoms with Crippen molar-refractivity contribution < 1.29 is 5.11 Å². The number of aromatic nitrogens is 2. The monoisotopic (exact) mass is 354 g/mol. The summed E-state index contributed by atoms with van der Waals surface area (Å²) in [6, 6.07) is 19.0. The summed E-state index contributed by atoms with van der Waals surface area (Å²) in [6.07, 6.45) is 0. The number of nitrogens with zero attached hydrogens (tertiary/aromatic N) is 2. The van der Waals surface area contributed by atoms with Crippen LogP contribution >= 0.6 is 11.6 Å². The Morgan fingerprint density at radius 2 is 1.84 bits per heavy atom. The second-order valence-electron chi connectivity index (χ2n) is 5.69. The summed E-state index contributed by atoms with van der Waals surface area (Å²) < 4.78 is 0. The van der Waals surface area contributed by atoms with Crippen LogP contribution in [0.4, 0.5) is 17.5 Å². The van der Waals surface area contributed by atoms with Gasteiger partial charge >= 0.3 is 0 Å². The number of aliphatic hydroxyl groups is 1. The van der Waals surface area contributed by atoms with Gasteiger partial charge in [0.1, 0.15) is 5.82 Å². The maximum atomic E-state index is 9.27. The molecule has 2 aromatic carbocycles. The van der Waals surface area contributed by atoms with Gasteiger partial charge in [-0.3, -0.25) is 0 Å². The number of nitrogens with one attached hydrogen (secondary N) is 2. The summed E-state index contributed by atoms with van der Waals surface area (Å²) in [5.74, 6) is 1.09. The second kappa shape index (κ2) is 7.96. The van der Waals surface area contributed by atoms with Crippen molar-refractivity contribution in [2.24, 2.45) is 0 Å². The lowest BCUT2D eigenvalue weighted by molar-refractivity contribution is 0.281. The van der Waals surface area contributed by atoms with Crippen LogP contribution in [0, 0.1) is 0 Å². The summed E-state index contributed by atoms with van der Waals surface area (Å²) in [5.41, 5.74) is 2.61. The molecule has 3 aromatic rings. The SMILES string of the molecule is C[C@H](CO)Nc1nc(Nc2cccc(Cl)c2)cc(-c2ccccc2)n1. The number of anilines is 3. The van der Waals surface area contributed by atoms with E-state index < -0.39 is 0 Å². The molecule has 0 aliphatic rings. The van der Waals surface area contributed by atoms with Crippen molar-refractivity contribution in [2.45, 2.75) is 13.0 Å². The number of benzene rings is 2.